The highest BCUT2D eigenvalue weighted by Crippen LogP contribution is 2.20. The van der Waals surface area contributed by atoms with Crippen molar-refractivity contribution >= 4 is 5.97 Å². The van der Waals surface area contributed by atoms with Crippen LogP contribution in [0.4, 0.5) is 13.2 Å². The van der Waals surface area contributed by atoms with Gasteiger partial charge in [-0.3, -0.25) is 0 Å². The monoisotopic (exact) mass is 288 g/mol. The lowest BCUT2D eigenvalue weighted by Gasteiger charge is -2.21. The Labute approximate surface area is 114 Å². The molecular formula is C14H15F3O3. The molecule has 2 rings (SSSR count). The topological polar surface area (TPSA) is 35.5 Å². The molecule has 1 fully saturated rings. The summed E-state index contributed by atoms with van der Waals surface area (Å²) >= 11 is 0. The fourth-order valence-corrected chi connectivity index (χ4v) is 2.14. The van der Waals surface area contributed by atoms with Gasteiger partial charge in [0.15, 0.2) is 11.6 Å². The van der Waals surface area contributed by atoms with Gasteiger partial charge in [-0.15, -0.1) is 0 Å². The second-order valence-corrected chi connectivity index (χ2v) is 4.70. The van der Waals surface area contributed by atoms with Crippen LogP contribution in [-0.4, -0.2) is 25.8 Å². The van der Waals surface area contributed by atoms with Crippen molar-refractivity contribution in [1.82, 2.24) is 0 Å². The summed E-state index contributed by atoms with van der Waals surface area (Å²) in [6, 6.07) is 1.33. The molecule has 0 aliphatic carbocycles. The zero-order valence-corrected chi connectivity index (χ0v) is 10.8. The standard InChI is InChI=1S/C14H15F3O3/c15-10-1-2-11(16)13(17)12(10)14(18)20-8-5-9-3-6-19-7-4-9/h1-2,9H,3-8H2. The van der Waals surface area contributed by atoms with Crippen molar-refractivity contribution in [1.29, 1.82) is 0 Å². The summed E-state index contributed by atoms with van der Waals surface area (Å²) in [6.07, 6.45) is 2.36. The third-order valence-corrected chi connectivity index (χ3v) is 3.35. The molecule has 1 saturated heterocycles. The Morgan fingerprint density at radius 1 is 1.20 bits per heavy atom. The van der Waals surface area contributed by atoms with Gasteiger partial charge in [-0.25, -0.2) is 18.0 Å². The van der Waals surface area contributed by atoms with E-state index in [4.69, 9.17) is 9.47 Å². The van der Waals surface area contributed by atoms with Gasteiger partial charge in [-0.2, -0.15) is 0 Å². The van der Waals surface area contributed by atoms with Crippen molar-refractivity contribution in [3.63, 3.8) is 0 Å². The Balaban J connectivity index is 1.90. The highest BCUT2D eigenvalue weighted by atomic mass is 19.2. The van der Waals surface area contributed by atoms with Crippen LogP contribution >= 0.6 is 0 Å². The van der Waals surface area contributed by atoms with Crippen molar-refractivity contribution in [3.05, 3.63) is 35.1 Å². The fraction of sp³-hybridized carbons (Fsp3) is 0.500. The van der Waals surface area contributed by atoms with Crippen molar-refractivity contribution in [2.45, 2.75) is 19.3 Å². The number of carbonyl (C=O) groups is 1. The molecule has 6 heteroatoms. The fourth-order valence-electron chi connectivity index (χ4n) is 2.14. The molecule has 20 heavy (non-hydrogen) atoms. The van der Waals surface area contributed by atoms with E-state index in [0.29, 0.717) is 37.7 Å². The van der Waals surface area contributed by atoms with E-state index >= 15 is 0 Å². The first-order valence-corrected chi connectivity index (χ1v) is 6.48. The molecule has 1 aliphatic rings. The molecule has 0 saturated carbocycles. The zero-order valence-electron chi connectivity index (χ0n) is 10.8. The first-order chi connectivity index (χ1) is 9.59. The van der Waals surface area contributed by atoms with E-state index in [1.165, 1.54) is 0 Å². The van der Waals surface area contributed by atoms with Gasteiger partial charge in [0.25, 0.3) is 0 Å². The molecule has 0 radical (unpaired) electrons. The van der Waals surface area contributed by atoms with Gasteiger partial charge in [0.2, 0.25) is 0 Å². The summed E-state index contributed by atoms with van der Waals surface area (Å²) in [5, 5.41) is 0. The number of hydrogen-bond donors (Lipinski definition) is 0. The zero-order chi connectivity index (χ0) is 14.5. The van der Waals surface area contributed by atoms with Gasteiger partial charge in [0.1, 0.15) is 11.4 Å². The number of esters is 1. The molecule has 1 heterocycles. The Hall–Kier alpha value is -1.56. The number of halogens is 3. The third kappa shape index (κ3) is 3.50. The van der Waals surface area contributed by atoms with Gasteiger partial charge in [-0.1, -0.05) is 0 Å². The van der Waals surface area contributed by atoms with E-state index in [0.717, 1.165) is 12.8 Å². The lowest BCUT2D eigenvalue weighted by atomic mass is 9.97. The number of hydrogen-bond acceptors (Lipinski definition) is 3. The molecule has 0 amide bonds. The molecule has 0 unspecified atom stereocenters. The van der Waals surface area contributed by atoms with Gasteiger partial charge in [0, 0.05) is 13.2 Å². The van der Waals surface area contributed by atoms with Crippen LogP contribution in [-0.2, 0) is 9.47 Å². The average Bonchev–Trinajstić information content (AvgIpc) is 2.44. The molecule has 0 atom stereocenters. The summed E-state index contributed by atoms with van der Waals surface area (Å²) < 4.78 is 49.7. The predicted octanol–water partition coefficient (Wildman–Crippen LogP) is 3.08. The molecule has 1 aliphatic heterocycles. The van der Waals surface area contributed by atoms with Crippen LogP contribution in [0.15, 0.2) is 12.1 Å². The minimum atomic E-state index is -1.51. The summed E-state index contributed by atoms with van der Waals surface area (Å²) in [4.78, 5) is 11.6. The summed E-state index contributed by atoms with van der Waals surface area (Å²) in [7, 11) is 0. The highest BCUT2D eigenvalue weighted by Gasteiger charge is 2.22. The SMILES string of the molecule is O=C(OCCC1CCOCC1)c1c(F)ccc(F)c1F. The maximum absolute atomic E-state index is 13.4. The lowest BCUT2D eigenvalue weighted by molar-refractivity contribution is 0.0363. The number of benzene rings is 1. The summed E-state index contributed by atoms with van der Waals surface area (Å²) in [6.45, 7) is 1.40. The van der Waals surface area contributed by atoms with Gasteiger partial charge < -0.3 is 9.47 Å². The average molecular weight is 288 g/mol. The second-order valence-electron chi connectivity index (χ2n) is 4.70. The minimum Gasteiger partial charge on any atom is -0.462 e. The van der Waals surface area contributed by atoms with Crippen molar-refractivity contribution < 1.29 is 27.4 Å². The normalized spacial score (nSPS) is 16.1. The van der Waals surface area contributed by atoms with Crippen LogP contribution in [0.1, 0.15) is 29.6 Å². The van der Waals surface area contributed by atoms with Crippen LogP contribution < -0.4 is 0 Å². The molecular weight excluding hydrogens is 273 g/mol. The van der Waals surface area contributed by atoms with E-state index in [1.807, 2.05) is 0 Å². The first-order valence-electron chi connectivity index (χ1n) is 6.48. The van der Waals surface area contributed by atoms with Crippen LogP contribution in [0.25, 0.3) is 0 Å². The molecule has 0 aromatic heterocycles. The van der Waals surface area contributed by atoms with Crippen LogP contribution in [0.3, 0.4) is 0 Å². The van der Waals surface area contributed by atoms with Gasteiger partial charge in [-0.05, 0) is 37.3 Å². The Morgan fingerprint density at radius 2 is 1.85 bits per heavy atom. The van der Waals surface area contributed by atoms with Gasteiger partial charge >= 0.3 is 5.97 Å². The van der Waals surface area contributed by atoms with Gasteiger partial charge in [0.05, 0.1) is 6.61 Å². The van der Waals surface area contributed by atoms with Crippen LogP contribution in [0, 0.1) is 23.4 Å². The van der Waals surface area contributed by atoms with Crippen molar-refractivity contribution in [3.8, 4) is 0 Å². The number of rotatable bonds is 4. The molecule has 110 valence electrons. The molecule has 0 spiro atoms. The van der Waals surface area contributed by atoms with E-state index in [2.05, 4.69) is 0 Å². The molecule has 0 N–H and O–H groups in total. The number of carbonyl (C=O) groups excluding carboxylic acids is 1. The van der Waals surface area contributed by atoms with E-state index in [1.54, 1.807) is 0 Å². The van der Waals surface area contributed by atoms with Crippen LogP contribution in [0.2, 0.25) is 0 Å². The summed E-state index contributed by atoms with van der Waals surface area (Å²) in [5.74, 6) is -4.71. The summed E-state index contributed by atoms with van der Waals surface area (Å²) in [5.41, 5.74) is -0.975. The third-order valence-electron chi connectivity index (χ3n) is 3.35. The van der Waals surface area contributed by atoms with Crippen LogP contribution in [0.5, 0.6) is 0 Å². The molecule has 1 aromatic rings. The maximum Gasteiger partial charge on any atom is 0.344 e. The lowest BCUT2D eigenvalue weighted by Crippen LogP contribution is -2.19. The Bertz CT molecular complexity index is 485. The predicted molar refractivity (Wildman–Crippen MR) is 64.8 cm³/mol. The minimum absolute atomic E-state index is 0.0545. The largest absolute Gasteiger partial charge is 0.462 e. The Kier molecular flexibility index (Phi) is 5.00. The quantitative estimate of drug-likeness (QED) is 0.631. The molecule has 1 aromatic carbocycles. The highest BCUT2D eigenvalue weighted by molar-refractivity contribution is 5.90. The van der Waals surface area contributed by atoms with E-state index < -0.39 is 29.0 Å². The number of ether oxygens (including phenoxy) is 2. The van der Waals surface area contributed by atoms with E-state index in [-0.39, 0.29) is 6.61 Å². The second kappa shape index (κ2) is 6.74. The van der Waals surface area contributed by atoms with Crippen molar-refractivity contribution in [2.75, 3.05) is 19.8 Å². The smallest absolute Gasteiger partial charge is 0.344 e. The molecule has 0 bridgehead atoms. The molecule has 3 nitrogen and oxygen atoms in total. The maximum atomic E-state index is 13.4. The van der Waals surface area contributed by atoms with E-state index in [9.17, 15) is 18.0 Å². The van der Waals surface area contributed by atoms with Crippen molar-refractivity contribution in [2.24, 2.45) is 5.92 Å². The first kappa shape index (κ1) is 14.8. The Morgan fingerprint density at radius 3 is 2.55 bits per heavy atom.